The van der Waals surface area contributed by atoms with E-state index < -0.39 is 5.97 Å². The number of hydrogen-bond donors (Lipinski definition) is 0. The van der Waals surface area contributed by atoms with Gasteiger partial charge in [-0.2, -0.15) is 0 Å². The largest absolute Gasteiger partial charge is 0.402 e. The van der Waals surface area contributed by atoms with Crippen molar-refractivity contribution in [1.82, 2.24) is 4.98 Å². The van der Waals surface area contributed by atoms with Crippen LogP contribution in [0.4, 0.5) is 0 Å². The van der Waals surface area contributed by atoms with Gasteiger partial charge in [0.2, 0.25) is 5.90 Å². The highest BCUT2D eigenvalue weighted by atomic mass is 32.2. The van der Waals surface area contributed by atoms with Gasteiger partial charge in [-0.1, -0.05) is 74.5 Å². The van der Waals surface area contributed by atoms with E-state index in [0.29, 0.717) is 5.90 Å². The first-order valence-corrected chi connectivity index (χ1v) is 12.4. The number of aromatic nitrogens is 1. The quantitative estimate of drug-likeness (QED) is 0.227. The summed E-state index contributed by atoms with van der Waals surface area (Å²) in [6.45, 7) is 8.56. The predicted octanol–water partition coefficient (Wildman–Crippen LogP) is 7.34. The minimum Gasteiger partial charge on any atom is -0.402 e. The van der Waals surface area contributed by atoms with Crippen LogP contribution in [0.5, 0.6) is 0 Å². The number of benzene rings is 3. The van der Waals surface area contributed by atoms with Gasteiger partial charge in [-0.3, -0.25) is 0 Å². The third-order valence-corrected chi connectivity index (χ3v) is 6.86. The van der Waals surface area contributed by atoms with Gasteiger partial charge in [-0.05, 0) is 66.4 Å². The second kappa shape index (κ2) is 9.16. The lowest BCUT2D eigenvalue weighted by atomic mass is 9.87. The highest BCUT2D eigenvalue weighted by Gasteiger charge is 2.25. The van der Waals surface area contributed by atoms with Crippen LogP contribution in [0.2, 0.25) is 0 Å². The van der Waals surface area contributed by atoms with E-state index in [0.717, 1.165) is 37.5 Å². The van der Waals surface area contributed by atoms with Gasteiger partial charge in [0.15, 0.2) is 5.70 Å². The smallest absolute Gasteiger partial charge is 0.363 e. The summed E-state index contributed by atoms with van der Waals surface area (Å²) in [5.41, 5.74) is 5.20. The van der Waals surface area contributed by atoms with Crippen molar-refractivity contribution in [2.24, 2.45) is 4.99 Å². The molecule has 1 aromatic heterocycles. The zero-order valence-electron chi connectivity index (χ0n) is 20.2. The molecule has 0 radical (unpaired) electrons. The van der Waals surface area contributed by atoms with Crippen molar-refractivity contribution in [1.29, 1.82) is 0 Å². The van der Waals surface area contributed by atoms with E-state index in [9.17, 15) is 4.79 Å². The highest BCUT2D eigenvalue weighted by molar-refractivity contribution is 7.99. The zero-order chi connectivity index (χ0) is 24.6. The number of esters is 1. The molecule has 4 aromatic rings. The lowest BCUT2D eigenvalue weighted by Gasteiger charge is -2.18. The number of fused-ring (bicyclic) bond motifs is 1. The second-order valence-corrected chi connectivity index (χ2v) is 10.7. The van der Waals surface area contributed by atoms with E-state index in [1.54, 1.807) is 17.8 Å². The monoisotopic (exact) mass is 478 g/mol. The Hall–Kier alpha value is -3.70. The zero-order valence-corrected chi connectivity index (χ0v) is 21.0. The second-order valence-electron chi connectivity index (χ2n) is 9.66. The summed E-state index contributed by atoms with van der Waals surface area (Å²) in [6, 6.07) is 26.3. The average molecular weight is 479 g/mol. The number of aliphatic imine (C=N–C) groups is 1. The summed E-state index contributed by atoms with van der Waals surface area (Å²) in [6.07, 6.45) is 1.78. The number of carbonyl (C=O) groups excluding carboxylic acids is 1. The van der Waals surface area contributed by atoms with Crippen LogP contribution in [0.1, 0.15) is 43.0 Å². The summed E-state index contributed by atoms with van der Waals surface area (Å²) in [4.78, 5) is 23.3. The average Bonchev–Trinajstić information content (AvgIpc) is 3.20. The van der Waals surface area contributed by atoms with E-state index >= 15 is 0 Å². The summed E-state index contributed by atoms with van der Waals surface area (Å²) >= 11 is 1.56. The molecule has 0 fully saturated rings. The maximum absolute atomic E-state index is 12.7. The normalized spacial score (nSPS) is 14.9. The number of carbonyl (C=O) groups is 1. The van der Waals surface area contributed by atoms with Crippen LogP contribution in [-0.2, 0) is 14.9 Å². The molecule has 174 valence electrons. The number of rotatable bonds is 4. The molecule has 0 atom stereocenters. The van der Waals surface area contributed by atoms with E-state index in [1.165, 1.54) is 5.56 Å². The Bertz CT molecular complexity index is 1480. The van der Waals surface area contributed by atoms with Crippen molar-refractivity contribution in [3.63, 3.8) is 0 Å². The number of cyclic esters (lactones) is 1. The molecule has 0 saturated heterocycles. The molecule has 4 nitrogen and oxygen atoms in total. The Labute approximate surface area is 209 Å². The van der Waals surface area contributed by atoms with Gasteiger partial charge in [0.25, 0.3) is 0 Å². The number of nitrogens with zero attached hydrogens (tertiary/aromatic N) is 2. The molecule has 0 aliphatic carbocycles. The number of hydrogen-bond acceptors (Lipinski definition) is 5. The van der Waals surface area contributed by atoms with Crippen LogP contribution in [0.25, 0.3) is 17.0 Å². The Morgan fingerprint density at radius 2 is 1.66 bits per heavy atom. The maximum atomic E-state index is 12.7. The molecular formula is C30H26N2O2S. The van der Waals surface area contributed by atoms with Gasteiger partial charge in [-0.25, -0.2) is 14.8 Å². The third kappa shape index (κ3) is 5.05. The van der Waals surface area contributed by atoms with E-state index in [2.05, 4.69) is 63.0 Å². The Kier molecular flexibility index (Phi) is 6.03. The molecule has 0 saturated carbocycles. The van der Waals surface area contributed by atoms with Gasteiger partial charge in [0.1, 0.15) is 5.03 Å². The summed E-state index contributed by atoms with van der Waals surface area (Å²) < 4.78 is 5.54. The summed E-state index contributed by atoms with van der Waals surface area (Å²) in [5, 5.41) is 1.83. The van der Waals surface area contributed by atoms with Crippen molar-refractivity contribution < 1.29 is 9.53 Å². The van der Waals surface area contributed by atoms with Gasteiger partial charge in [0, 0.05) is 21.4 Å². The molecule has 1 aliphatic rings. The Balaban J connectivity index is 1.55. The van der Waals surface area contributed by atoms with Crippen molar-refractivity contribution >= 4 is 40.6 Å². The van der Waals surface area contributed by atoms with E-state index in [-0.39, 0.29) is 11.1 Å². The molecule has 0 unspecified atom stereocenters. The molecule has 3 aromatic carbocycles. The standard InChI is InChI=1S/C30H26N2O2S/c1-19-10-15-25-21(16-19)17-22(28(32-25)35-24-8-6-5-7-9-24)18-26-29(33)34-27(31-26)20-11-13-23(14-12-20)30(2,3)4/h5-18H,1-4H3. The molecule has 5 heteroatoms. The van der Waals surface area contributed by atoms with Gasteiger partial charge in [-0.15, -0.1) is 0 Å². The molecule has 1 aliphatic heterocycles. The summed E-state index contributed by atoms with van der Waals surface area (Å²) in [5.74, 6) is -0.136. The molecule has 0 spiro atoms. The molecule has 0 N–H and O–H groups in total. The first kappa shape index (κ1) is 23.1. The maximum Gasteiger partial charge on any atom is 0.363 e. The van der Waals surface area contributed by atoms with Crippen molar-refractivity contribution in [3.05, 3.63) is 107 Å². The van der Waals surface area contributed by atoms with Crippen molar-refractivity contribution in [3.8, 4) is 0 Å². The predicted molar refractivity (Wildman–Crippen MR) is 143 cm³/mol. The van der Waals surface area contributed by atoms with Crippen molar-refractivity contribution in [2.45, 2.75) is 43.0 Å². The van der Waals surface area contributed by atoms with Gasteiger partial charge in [0.05, 0.1) is 5.52 Å². The molecule has 35 heavy (non-hydrogen) atoms. The minimum absolute atomic E-state index is 0.0476. The molecular weight excluding hydrogens is 452 g/mol. The lowest BCUT2D eigenvalue weighted by molar-refractivity contribution is -0.129. The topological polar surface area (TPSA) is 51.6 Å². The van der Waals surface area contributed by atoms with Crippen LogP contribution >= 0.6 is 11.8 Å². The fourth-order valence-electron chi connectivity index (χ4n) is 3.87. The highest BCUT2D eigenvalue weighted by Crippen LogP contribution is 2.33. The van der Waals surface area contributed by atoms with Crippen LogP contribution in [0, 0.1) is 6.92 Å². The fraction of sp³-hybridized carbons (Fsp3) is 0.167. The van der Waals surface area contributed by atoms with Crippen LogP contribution in [-0.4, -0.2) is 16.9 Å². The fourth-order valence-corrected chi connectivity index (χ4v) is 4.77. The van der Waals surface area contributed by atoms with E-state index in [4.69, 9.17) is 9.72 Å². The Morgan fingerprint density at radius 1 is 0.914 bits per heavy atom. The Morgan fingerprint density at radius 3 is 2.37 bits per heavy atom. The van der Waals surface area contributed by atoms with Gasteiger partial charge >= 0.3 is 5.97 Å². The van der Waals surface area contributed by atoms with Crippen LogP contribution < -0.4 is 0 Å². The van der Waals surface area contributed by atoms with Gasteiger partial charge < -0.3 is 4.74 Å². The lowest BCUT2D eigenvalue weighted by Crippen LogP contribution is -2.11. The van der Waals surface area contributed by atoms with Crippen LogP contribution in [0.3, 0.4) is 0 Å². The number of pyridine rings is 1. The molecule has 0 amide bonds. The third-order valence-electron chi connectivity index (χ3n) is 5.83. The van der Waals surface area contributed by atoms with Crippen LogP contribution in [0.15, 0.2) is 99.5 Å². The van der Waals surface area contributed by atoms with Crippen molar-refractivity contribution in [2.75, 3.05) is 0 Å². The van der Waals surface area contributed by atoms with E-state index in [1.807, 2.05) is 48.5 Å². The summed E-state index contributed by atoms with van der Waals surface area (Å²) in [7, 11) is 0. The number of ether oxygens (including phenoxy) is 1. The number of aryl methyl sites for hydroxylation is 1. The minimum atomic E-state index is -0.458. The molecule has 5 rings (SSSR count). The molecule has 0 bridgehead atoms. The first-order chi connectivity index (χ1) is 16.8. The first-order valence-electron chi connectivity index (χ1n) is 11.5. The SMILES string of the molecule is Cc1ccc2nc(Sc3ccccc3)c(C=C3N=C(c4ccc(C(C)(C)C)cc4)OC3=O)cc2c1. The molecule has 2 heterocycles.